The fourth-order valence-corrected chi connectivity index (χ4v) is 2.26. The lowest BCUT2D eigenvalue weighted by molar-refractivity contribution is 0.355. The molecule has 0 aliphatic rings. The first-order chi connectivity index (χ1) is 10.1. The number of nitrogens with one attached hydrogen (secondary N) is 1. The smallest absolute Gasteiger partial charge is 0.272 e. The van der Waals surface area contributed by atoms with Gasteiger partial charge in [0.1, 0.15) is 0 Å². The van der Waals surface area contributed by atoms with E-state index in [1.54, 1.807) is 21.1 Å². The molecule has 0 fully saturated rings. The summed E-state index contributed by atoms with van der Waals surface area (Å²) in [6, 6.07) is 8.88. The summed E-state index contributed by atoms with van der Waals surface area (Å²) < 4.78 is 11.9. The van der Waals surface area contributed by atoms with Crippen molar-refractivity contribution in [2.75, 3.05) is 14.2 Å². The topological polar surface area (TPSA) is 68.6 Å². The number of rotatable bonds is 3. The molecule has 6 heteroatoms. The molecule has 1 N–H and O–H groups in total. The SMILES string of the molecule is COc1ccc(-c2cc3nc(C)cc(=O)n3[nH]2)cc1OC. The Bertz CT molecular complexity index is 864. The number of aromatic amines is 1. The minimum Gasteiger partial charge on any atom is -0.493 e. The fraction of sp³-hybridized carbons (Fsp3) is 0.200. The minimum atomic E-state index is -0.135. The molecule has 0 atom stereocenters. The second-order valence-corrected chi connectivity index (χ2v) is 4.67. The van der Waals surface area contributed by atoms with Crippen LogP contribution in [-0.4, -0.2) is 28.8 Å². The van der Waals surface area contributed by atoms with E-state index in [2.05, 4.69) is 10.1 Å². The quantitative estimate of drug-likeness (QED) is 0.799. The van der Waals surface area contributed by atoms with Gasteiger partial charge in [0.25, 0.3) is 5.56 Å². The maximum absolute atomic E-state index is 11.9. The van der Waals surface area contributed by atoms with Crippen LogP contribution in [0.5, 0.6) is 11.5 Å². The molecule has 0 bridgehead atoms. The Morgan fingerprint density at radius 1 is 1.10 bits per heavy atom. The Balaban J connectivity index is 2.16. The van der Waals surface area contributed by atoms with Crippen molar-refractivity contribution in [3.63, 3.8) is 0 Å². The minimum absolute atomic E-state index is 0.135. The molecule has 6 nitrogen and oxygen atoms in total. The molecule has 2 heterocycles. The van der Waals surface area contributed by atoms with Crippen LogP contribution in [0.2, 0.25) is 0 Å². The van der Waals surface area contributed by atoms with Crippen molar-refractivity contribution < 1.29 is 9.47 Å². The maximum Gasteiger partial charge on any atom is 0.272 e. The lowest BCUT2D eigenvalue weighted by Crippen LogP contribution is -2.14. The van der Waals surface area contributed by atoms with Gasteiger partial charge in [0.15, 0.2) is 17.1 Å². The largest absolute Gasteiger partial charge is 0.493 e. The molecule has 0 amide bonds. The van der Waals surface area contributed by atoms with Crippen LogP contribution in [0.25, 0.3) is 16.9 Å². The predicted molar refractivity (Wildman–Crippen MR) is 79.1 cm³/mol. The molecule has 0 unspecified atom stereocenters. The standard InChI is InChI=1S/C15H15N3O3/c1-9-6-15(19)18-14(16-9)8-11(17-18)10-4-5-12(20-2)13(7-10)21-3/h4-8,17H,1-3H3. The first-order valence-electron chi connectivity index (χ1n) is 6.44. The van der Waals surface area contributed by atoms with Crippen molar-refractivity contribution in [3.8, 4) is 22.8 Å². The summed E-state index contributed by atoms with van der Waals surface area (Å²) in [5.74, 6) is 1.29. The number of aromatic nitrogens is 3. The van der Waals surface area contributed by atoms with Crippen LogP contribution >= 0.6 is 0 Å². The third-order valence-corrected chi connectivity index (χ3v) is 3.27. The number of methoxy groups -OCH3 is 2. The summed E-state index contributed by atoms with van der Waals surface area (Å²) in [6.45, 7) is 1.80. The molecule has 0 aliphatic heterocycles. The van der Waals surface area contributed by atoms with Gasteiger partial charge in [0, 0.05) is 23.4 Å². The predicted octanol–water partition coefficient (Wildman–Crippen LogP) is 2.02. The van der Waals surface area contributed by atoms with Crippen molar-refractivity contribution in [1.82, 2.24) is 14.6 Å². The van der Waals surface area contributed by atoms with Gasteiger partial charge in [-0.05, 0) is 25.1 Å². The van der Waals surface area contributed by atoms with Gasteiger partial charge in [0.2, 0.25) is 0 Å². The van der Waals surface area contributed by atoms with Gasteiger partial charge in [0.05, 0.1) is 19.9 Å². The number of benzene rings is 1. The molecule has 0 aliphatic carbocycles. The van der Waals surface area contributed by atoms with E-state index in [1.807, 2.05) is 24.3 Å². The average Bonchev–Trinajstić information content (AvgIpc) is 2.90. The number of hydrogen-bond acceptors (Lipinski definition) is 4. The zero-order valence-corrected chi connectivity index (χ0v) is 12.0. The van der Waals surface area contributed by atoms with E-state index in [1.165, 1.54) is 10.6 Å². The van der Waals surface area contributed by atoms with Crippen LogP contribution in [0, 0.1) is 6.92 Å². The van der Waals surface area contributed by atoms with Gasteiger partial charge in [-0.15, -0.1) is 0 Å². The molecule has 2 aromatic heterocycles. The van der Waals surface area contributed by atoms with Crippen LogP contribution in [-0.2, 0) is 0 Å². The van der Waals surface area contributed by atoms with E-state index in [4.69, 9.17) is 9.47 Å². The zero-order chi connectivity index (χ0) is 15.0. The van der Waals surface area contributed by atoms with Crippen molar-refractivity contribution in [1.29, 1.82) is 0 Å². The Hall–Kier alpha value is -2.76. The number of fused-ring (bicyclic) bond motifs is 1. The van der Waals surface area contributed by atoms with Crippen molar-refractivity contribution in [3.05, 3.63) is 46.4 Å². The van der Waals surface area contributed by atoms with Crippen LogP contribution < -0.4 is 15.0 Å². The molecular formula is C15H15N3O3. The number of H-pyrrole nitrogens is 1. The van der Waals surface area contributed by atoms with Crippen LogP contribution in [0.1, 0.15) is 5.69 Å². The lowest BCUT2D eigenvalue weighted by Gasteiger charge is -2.08. The Morgan fingerprint density at radius 2 is 1.86 bits per heavy atom. The van der Waals surface area contributed by atoms with Gasteiger partial charge >= 0.3 is 0 Å². The Morgan fingerprint density at radius 3 is 2.57 bits per heavy atom. The molecule has 1 aromatic carbocycles. The summed E-state index contributed by atoms with van der Waals surface area (Å²) >= 11 is 0. The number of hydrogen-bond donors (Lipinski definition) is 1. The maximum atomic E-state index is 11.9. The second-order valence-electron chi connectivity index (χ2n) is 4.67. The summed E-state index contributed by atoms with van der Waals surface area (Å²) in [5, 5.41) is 3.04. The molecule has 0 saturated heterocycles. The normalized spacial score (nSPS) is 10.8. The fourth-order valence-electron chi connectivity index (χ4n) is 2.26. The van der Waals surface area contributed by atoms with Crippen molar-refractivity contribution >= 4 is 5.65 Å². The number of ether oxygens (including phenoxy) is 2. The van der Waals surface area contributed by atoms with Crippen molar-refractivity contribution in [2.45, 2.75) is 6.92 Å². The zero-order valence-electron chi connectivity index (χ0n) is 12.0. The monoisotopic (exact) mass is 285 g/mol. The molecule has 21 heavy (non-hydrogen) atoms. The van der Waals surface area contributed by atoms with E-state index >= 15 is 0 Å². The molecule has 3 rings (SSSR count). The summed E-state index contributed by atoms with van der Waals surface area (Å²) in [7, 11) is 3.18. The van der Waals surface area contributed by atoms with E-state index in [-0.39, 0.29) is 5.56 Å². The highest BCUT2D eigenvalue weighted by Gasteiger charge is 2.10. The molecule has 108 valence electrons. The molecular weight excluding hydrogens is 270 g/mol. The molecule has 3 aromatic rings. The third kappa shape index (κ3) is 2.24. The van der Waals surface area contributed by atoms with Crippen LogP contribution in [0.15, 0.2) is 35.1 Å². The Kier molecular flexibility index (Phi) is 3.13. The first-order valence-corrected chi connectivity index (χ1v) is 6.44. The van der Waals surface area contributed by atoms with E-state index in [0.717, 1.165) is 11.3 Å². The molecule has 0 saturated carbocycles. The number of nitrogens with zero attached hydrogens (tertiary/aromatic N) is 2. The van der Waals surface area contributed by atoms with E-state index < -0.39 is 0 Å². The lowest BCUT2D eigenvalue weighted by atomic mass is 10.1. The van der Waals surface area contributed by atoms with Gasteiger partial charge in [-0.2, -0.15) is 0 Å². The van der Waals surface area contributed by atoms with Gasteiger partial charge < -0.3 is 9.47 Å². The summed E-state index contributed by atoms with van der Waals surface area (Å²) in [5.41, 5.74) is 2.81. The summed E-state index contributed by atoms with van der Waals surface area (Å²) in [6.07, 6.45) is 0. The third-order valence-electron chi connectivity index (χ3n) is 3.27. The van der Waals surface area contributed by atoms with Crippen LogP contribution in [0.3, 0.4) is 0 Å². The molecule has 0 spiro atoms. The Labute approximate surface area is 120 Å². The van der Waals surface area contributed by atoms with Crippen molar-refractivity contribution in [2.24, 2.45) is 0 Å². The first kappa shape index (κ1) is 13.2. The van der Waals surface area contributed by atoms with E-state index in [0.29, 0.717) is 22.8 Å². The highest BCUT2D eigenvalue weighted by atomic mass is 16.5. The van der Waals surface area contributed by atoms with Gasteiger partial charge in [-0.1, -0.05) is 0 Å². The number of aryl methyl sites for hydroxylation is 1. The van der Waals surface area contributed by atoms with Gasteiger partial charge in [-0.25, -0.2) is 9.50 Å². The second kappa shape index (κ2) is 4.97. The van der Waals surface area contributed by atoms with Crippen LogP contribution in [0.4, 0.5) is 0 Å². The summed E-state index contributed by atoms with van der Waals surface area (Å²) in [4.78, 5) is 16.2. The molecule has 0 radical (unpaired) electrons. The highest BCUT2D eigenvalue weighted by molar-refractivity contribution is 5.67. The van der Waals surface area contributed by atoms with Gasteiger partial charge in [-0.3, -0.25) is 9.89 Å². The van der Waals surface area contributed by atoms with E-state index in [9.17, 15) is 4.79 Å². The average molecular weight is 285 g/mol. The highest BCUT2D eigenvalue weighted by Crippen LogP contribution is 2.31.